The lowest BCUT2D eigenvalue weighted by molar-refractivity contribution is -0.142. The van der Waals surface area contributed by atoms with Crippen LogP contribution in [0.15, 0.2) is 47.1 Å². The van der Waals surface area contributed by atoms with Crippen LogP contribution >= 0.6 is 0 Å². The van der Waals surface area contributed by atoms with E-state index >= 15 is 0 Å². The molecule has 0 saturated carbocycles. The monoisotopic (exact) mass is 463 g/mol. The molecule has 0 aliphatic heterocycles. The highest BCUT2D eigenvalue weighted by Crippen LogP contribution is 2.31. The van der Waals surface area contributed by atoms with Crippen LogP contribution in [0.2, 0.25) is 0 Å². The van der Waals surface area contributed by atoms with Gasteiger partial charge in [-0.25, -0.2) is 4.79 Å². The number of amides is 1. The Labute approximate surface area is 197 Å². The molecule has 0 fully saturated rings. The Balaban J connectivity index is 1.68. The number of methoxy groups -OCH3 is 2. The van der Waals surface area contributed by atoms with E-state index in [4.69, 9.17) is 18.6 Å². The van der Waals surface area contributed by atoms with Gasteiger partial charge in [0.1, 0.15) is 17.6 Å². The minimum atomic E-state index is -0.709. The first kappa shape index (κ1) is 24.2. The lowest BCUT2D eigenvalue weighted by Crippen LogP contribution is -2.22. The smallest absolute Gasteiger partial charge is 0.331 e. The summed E-state index contributed by atoms with van der Waals surface area (Å²) < 4.78 is 22.8. The summed E-state index contributed by atoms with van der Waals surface area (Å²) in [4.78, 5) is 24.7. The minimum Gasteiger partial charge on any atom is -0.493 e. The third-order valence-corrected chi connectivity index (χ3v) is 5.27. The number of carbonyl (C=O) groups excluding carboxylic acids is 2. The lowest BCUT2D eigenvalue weighted by atomic mass is 10.1. The quantitative estimate of drug-likeness (QED) is 0.379. The summed E-state index contributed by atoms with van der Waals surface area (Å²) in [6, 6.07) is 10.9. The van der Waals surface area contributed by atoms with Crippen molar-refractivity contribution in [2.24, 2.45) is 0 Å². The number of benzene rings is 1. The molecule has 0 bridgehead atoms. The zero-order valence-corrected chi connectivity index (χ0v) is 19.4. The number of nitriles is 1. The molecule has 0 aliphatic carbocycles. The molecule has 0 spiro atoms. The van der Waals surface area contributed by atoms with Gasteiger partial charge >= 0.3 is 5.97 Å². The number of aromatic nitrogens is 1. The summed E-state index contributed by atoms with van der Waals surface area (Å²) in [5.74, 6) is 0.705. The molecule has 0 atom stereocenters. The Morgan fingerprint density at radius 3 is 2.62 bits per heavy atom. The second kappa shape index (κ2) is 10.9. The number of ether oxygens (including phenoxy) is 3. The van der Waals surface area contributed by atoms with Crippen LogP contribution in [-0.2, 0) is 20.9 Å². The molecule has 34 heavy (non-hydrogen) atoms. The summed E-state index contributed by atoms with van der Waals surface area (Å²) in [5.41, 5.74) is 2.52. The number of esters is 1. The van der Waals surface area contributed by atoms with Gasteiger partial charge in [-0.3, -0.25) is 4.79 Å². The number of anilines is 1. The third-order valence-electron chi connectivity index (χ3n) is 5.27. The Kier molecular flexibility index (Phi) is 7.77. The molecule has 1 aromatic carbocycles. The van der Waals surface area contributed by atoms with E-state index < -0.39 is 18.5 Å². The van der Waals surface area contributed by atoms with Crippen LogP contribution in [0.25, 0.3) is 6.08 Å². The largest absolute Gasteiger partial charge is 0.493 e. The molecule has 1 N–H and O–H groups in total. The van der Waals surface area contributed by atoms with E-state index in [0.29, 0.717) is 40.7 Å². The number of carbonyl (C=O) groups is 2. The Hall–Kier alpha value is -4.45. The second-order valence-electron chi connectivity index (χ2n) is 7.28. The van der Waals surface area contributed by atoms with Crippen LogP contribution in [0.5, 0.6) is 11.5 Å². The van der Waals surface area contributed by atoms with Gasteiger partial charge in [-0.05, 0) is 43.7 Å². The predicted octanol–water partition coefficient (Wildman–Crippen LogP) is 3.83. The zero-order valence-electron chi connectivity index (χ0n) is 19.4. The summed E-state index contributed by atoms with van der Waals surface area (Å²) in [6.45, 7) is 3.47. The fourth-order valence-electron chi connectivity index (χ4n) is 3.44. The van der Waals surface area contributed by atoms with Gasteiger partial charge in [-0.2, -0.15) is 5.26 Å². The first-order chi connectivity index (χ1) is 16.4. The summed E-state index contributed by atoms with van der Waals surface area (Å²) in [6.07, 6.45) is 4.26. The van der Waals surface area contributed by atoms with Gasteiger partial charge in [0.2, 0.25) is 0 Å². The van der Waals surface area contributed by atoms with Crippen LogP contribution in [-0.4, -0.2) is 37.3 Å². The highest BCUT2D eigenvalue weighted by atomic mass is 16.5. The molecule has 176 valence electrons. The van der Waals surface area contributed by atoms with Gasteiger partial charge in [0.15, 0.2) is 18.1 Å². The molecule has 2 heterocycles. The van der Waals surface area contributed by atoms with E-state index in [1.165, 1.54) is 26.4 Å². The van der Waals surface area contributed by atoms with Crippen molar-refractivity contribution in [2.75, 3.05) is 26.1 Å². The van der Waals surface area contributed by atoms with Crippen LogP contribution in [0.3, 0.4) is 0 Å². The van der Waals surface area contributed by atoms with Crippen molar-refractivity contribution in [3.8, 4) is 17.6 Å². The van der Waals surface area contributed by atoms with Gasteiger partial charge in [0.05, 0.1) is 32.6 Å². The molecule has 3 rings (SSSR count). The molecule has 3 aromatic rings. The molecule has 2 aromatic heterocycles. The molecular formula is C25H25N3O6. The average molecular weight is 463 g/mol. The molecule has 0 saturated heterocycles. The predicted molar refractivity (Wildman–Crippen MR) is 125 cm³/mol. The number of rotatable bonds is 9. The van der Waals surface area contributed by atoms with Crippen molar-refractivity contribution < 1.29 is 28.2 Å². The van der Waals surface area contributed by atoms with Gasteiger partial charge in [-0.15, -0.1) is 0 Å². The SMILES string of the molecule is COc1cccc(C=CC(=O)OCC(=O)Nc2c(C#N)c(C)c(C)n2Cc2ccco2)c1OC. The van der Waals surface area contributed by atoms with Crippen LogP contribution in [0.4, 0.5) is 5.82 Å². The van der Waals surface area contributed by atoms with Crippen molar-refractivity contribution in [3.63, 3.8) is 0 Å². The lowest BCUT2D eigenvalue weighted by Gasteiger charge is -2.12. The first-order valence-electron chi connectivity index (χ1n) is 10.4. The molecule has 1 amide bonds. The normalized spacial score (nSPS) is 10.7. The van der Waals surface area contributed by atoms with Crippen molar-refractivity contribution in [1.82, 2.24) is 4.57 Å². The zero-order chi connectivity index (χ0) is 24.7. The van der Waals surface area contributed by atoms with E-state index in [2.05, 4.69) is 11.4 Å². The second-order valence-corrected chi connectivity index (χ2v) is 7.28. The van der Waals surface area contributed by atoms with Crippen LogP contribution in [0, 0.1) is 25.2 Å². The highest BCUT2D eigenvalue weighted by Gasteiger charge is 2.20. The maximum Gasteiger partial charge on any atom is 0.331 e. The topological polar surface area (TPSA) is 116 Å². The Morgan fingerprint density at radius 1 is 1.18 bits per heavy atom. The average Bonchev–Trinajstić information content (AvgIpc) is 3.43. The Morgan fingerprint density at radius 2 is 1.97 bits per heavy atom. The summed E-state index contributed by atoms with van der Waals surface area (Å²) >= 11 is 0. The van der Waals surface area contributed by atoms with E-state index in [1.807, 2.05) is 6.92 Å². The van der Waals surface area contributed by atoms with Crippen molar-refractivity contribution >= 4 is 23.8 Å². The van der Waals surface area contributed by atoms with Gasteiger partial charge in [-0.1, -0.05) is 12.1 Å². The molecule has 0 radical (unpaired) electrons. The van der Waals surface area contributed by atoms with E-state index in [1.54, 1.807) is 48.1 Å². The number of nitrogens with zero attached hydrogens (tertiary/aromatic N) is 2. The van der Waals surface area contributed by atoms with E-state index in [9.17, 15) is 14.9 Å². The van der Waals surface area contributed by atoms with E-state index in [0.717, 1.165) is 11.3 Å². The third kappa shape index (κ3) is 5.30. The molecule has 9 heteroatoms. The van der Waals surface area contributed by atoms with Crippen LogP contribution in [0.1, 0.15) is 28.1 Å². The summed E-state index contributed by atoms with van der Waals surface area (Å²) in [5, 5.41) is 12.3. The van der Waals surface area contributed by atoms with Crippen LogP contribution < -0.4 is 14.8 Å². The molecule has 0 aliphatic rings. The Bertz CT molecular complexity index is 1250. The fourth-order valence-corrected chi connectivity index (χ4v) is 3.44. The number of para-hydroxylation sites is 1. The van der Waals surface area contributed by atoms with Gasteiger partial charge < -0.3 is 28.5 Å². The number of hydrogen-bond acceptors (Lipinski definition) is 7. The van der Waals surface area contributed by atoms with E-state index in [-0.39, 0.29) is 0 Å². The molecule has 0 unspecified atom stereocenters. The van der Waals surface area contributed by atoms with Gasteiger partial charge in [0.25, 0.3) is 5.91 Å². The van der Waals surface area contributed by atoms with Crippen molar-refractivity contribution in [3.05, 3.63) is 70.8 Å². The summed E-state index contributed by atoms with van der Waals surface area (Å²) in [7, 11) is 3.02. The molecule has 9 nitrogen and oxygen atoms in total. The van der Waals surface area contributed by atoms with Crippen molar-refractivity contribution in [1.29, 1.82) is 5.26 Å². The number of nitrogens with one attached hydrogen (secondary N) is 1. The standard InChI is InChI=1S/C25H25N3O6/c1-16-17(2)28(14-19-8-6-12-33-19)25(20(16)13-26)27-22(29)15-34-23(30)11-10-18-7-5-9-21(31-3)24(18)32-4/h5-12H,14-15H2,1-4H3,(H,27,29). The minimum absolute atomic E-state index is 0.326. The maximum atomic E-state index is 12.5. The maximum absolute atomic E-state index is 12.5. The highest BCUT2D eigenvalue weighted by molar-refractivity contribution is 5.95. The number of furan rings is 1. The molecular weight excluding hydrogens is 438 g/mol. The number of hydrogen-bond donors (Lipinski definition) is 1. The first-order valence-corrected chi connectivity index (χ1v) is 10.4. The fraction of sp³-hybridized carbons (Fsp3) is 0.240. The van der Waals surface area contributed by atoms with Gasteiger partial charge in [0, 0.05) is 17.3 Å². The van der Waals surface area contributed by atoms with Crippen molar-refractivity contribution in [2.45, 2.75) is 20.4 Å².